The summed E-state index contributed by atoms with van der Waals surface area (Å²) in [5.41, 5.74) is 19.7. The molecular weight excluding hydrogens is 775 g/mol. The van der Waals surface area contributed by atoms with Crippen LogP contribution in [0.15, 0.2) is 229 Å². The molecule has 2 aliphatic rings. The van der Waals surface area contributed by atoms with Gasteiger partial charge in [-0.25, -0.2) is 0 Å². The Morgan fingerprint density at radius 1 is 0.375 bits per heavy atom. The van der Waals surface area contributed by atoms with E-state index in [1.807, 2.05) is 0 Å². The van der Waals surface area contributed by atoms with Gasteiger partial charge in [-0.2, -0.15) is 0 Å². The van der Waals surface area contributed by atoms with Crippen LogP contribution in [-0.2, 0) is 10.8 Å². The molecule has 0 fully saturated rings. The molecule has 2 heteroatoms. The Morgan fingerprint density at radius 2 is 0.922 bits per heavy atom. The molecule has 302 valence electrons. The SMILES string of the molecule is CC1(C)c2ccccc2-c2ccc(N(c3ccc(C4(c5ccccc5)c5ccccc5-c5ccccc54)cc3)c3ccc4oc5ccccc5c4c3-c3cccc4ccccc34)cc21. The van der Waals surface area contributed by atoms with Gasteiger partial charge in [-0.3, -0.25) is 0 Å². The van der Waals surface area contributed by atoms with Gasteiger partial charge in [-0.1, -0.05) is 196 Å². The van der Waals surface area contributed by atoms with Crippen molar-refractivity contribution in [2.24, 2.45) is 0 Å². The highest BCUT2D eigenvalue weighted by molar-refractivity contribution is 6.19. The molecule has 0 N–H and O–H groups in total. The Morgan fingerprint density at radius 3 is 1.67 bits per heavy atom. The molecule has 64 heavy (non-hydrogen) atoms. The van der Waals surface area contributed by atoms with E-state index < -0.39 is 5.41 Å². The number of hydrogen-bond acceptors (Lipinski definition) is 2. The van der Waals surface area contributed by atoms with E-state index in [2.05, 4.69) is 243 Å². The molecule has 0 radical (unpaired) electrons. The van der Waals surface area contributed by atoms with Crippen LogP contribution in [0.1, 0.15) is 47.2 Å². The summed E-state index contributed by atoms with van der Waals surface area (Å²) in [4.78, 5) is 2.49. The fraction of sp³-hybridized carbons (Fsp3) is 0.0645. The van der Waals surface area contributed by atoms with Crippen LogP contribution in [0, 0.1) is 0 Å². The zero-order valence-corrected chi connectivity index (χ0v) is 35.7. The maximum absolute atomic E-state index is 6.66. The number of benzene rings is 10. The highest BCUT2D eigenvalue weighted by atomic mass is 16.3. The van der Waals surface area contributed by atoms with Crippen LogP contribution in [0.5, 0.6) is 0 Å². The van der Waals surface area contributed by atoms with E-state index in [-0.39, 0.29) is 5.41 Å². The first-order valence-corrected chi connectivity index (χ1v) is 22.3. The molecule has 13 rings (SSSR count). The zero-order chi connectivity index (χ0) is 42.6. The number of furan rings is 1. The highest BCUT2D eigenvalue weighted by Gasteiger charge is 2.46. The fourth-order valence-electron chi connectivity index (χ4n) is 11.5. The van der Waals surface area contributed by atoms with E-state index in [0.29, 0.717) is 0 Å². The third-order valence-corrected chi connectivity index (χ3v) is 14.4. The Bertz CT molecular complexity index is 3600. The summed E-state index contributed by atoms with van der Waals surface area (Å²) in [5, 5.41) is 4.62. The number of fused-ring (bicyclic) bond motifs is 10. The molecule has 0 spiro atoms. The van der Waals surface area contributed by atoms with Gasteiger partial charge in [0, 0.05) is 33.1 Å². The Balaban J connectivity index is 1.10. The van der Waals surface area contributed by atoms with E-state index >= 15 is 0 Å². The van der Waals surface area contributed by atoms with Crippen molar-refractivity contribution in [2.75, 3.05) is 4.90 Å². The first-order chi connectivity index (χ1) is 31.5. The number of hydrogen-bond donors (Lipinski definition) is 0. The number of para-hydroxylation sites is 1. The van der Waals surface area contributed by atoms with Crippen molar-refractivity contribution in [3.8, 4) is 33.4 Å². The second kappa shape index (κ2) is 13.8. The van der Waals surface area contributed by atoms with Gasteiger partial charge in [0.25, 0.3) is 0 Å². The highest BCUT2D eigenvalue weighted by Crippen LogP contribution is 2.57. The Kier molecular flexibility index (Phi) is 7.90. The predicted octanol–water partition coefficient (Wildman–Crippen LogP) is 16.5. The van der Waals surface area contributed by atoms with E-state index in [4.69, 9.17) is 4.42 Å². The molecule has 1 heterocycles. The minimum absolute atomic E-state index is 0.175. The van der Waals surface area contributed by atoms with E-state index in [1.165, 1.54) is 72.0 Å². The number of rotatable bonds is 6. The van der Waals surface area contributed by atoms with Crippen LogP contribution in [-0.4, -0.2) is 0 Å². The first kappa shape index (κ1) is 36.7. The van der Waals surface area contributed by atoms with Gasteiger partial charge >= 0.3 is 0 Å². The van der Waals surface area contributed by atoms with Crippen molar-refractivity contribution in [3.63, 3.8) is 0 Å². The molecule has 0 unspecified atom stereocenters. The average molecular weight is 818 g/mol. The van der Waals surface area contributed by atoms with Crippen LogP contribution in [0.3, 0.4) is 0 Å². The van der Waals surface area contributed by atoms with Crippen LogP contribution < -0.4 is 4.90 Å². The maximum Gasteiger partial charge on any atom is 0.136 e. The molecular formula is C62H43NO. The molecule has 1 aromatic heterocycles. The second-order valence-corrected chi connectivity index (χ2v) is 17.9. The first-order valence-electron chi connectivity index (χ1n) is 22.3. The van der Waals surface area contributed by atoms with Crippen molar-refractivity contribution in [3.05, 3.63) is 258 Å². The Hall–Kier alpha value is -7.94. The van der Waals surface area contributed by atoms with Gasteiger partial charge in [0.2, 0.25) is 0 Å². The molecule has 0 aliphatic heterocycles. The van der Waals surface area contributed by atoms with Gasteiger partial charge in [0.05, 0.1) is 11.1 Å². The summed E-state index contributed by atoms with van der Waals surface area (Å²) >= 11 is 0. The molecule has 0 saturated carbocycles. The van der Waals surface area contributed by atoms with Crippen molar-refractivity contribution >= 4 is 49.8 Å². The summed E-state index contributed by atoms with van der Waals surface area (Å²) in [7, 11) is 0. The fourth-order valence-corrected chi connectivity index (χ4v) is 11.5. The third kappa shape index (κ3) is 5.08. The molecule has 0 bridgehead atoms. The molecule has 0 amide bonds. The van der Waals surface area contributed by atoms with Crippen LogP contribution in [0.2, 0.25) is 0 Å². The summed E-state index contributed by atoms with van der Waals surface area (Å²) in [6, 6.07) is 82.8. The normalized spacial score (nSPS) is 14.0. The van der Waals surface area contributed by atoms with E-state index in [0.717, 1.165) is 44.6 Å². The average Bonchev–Trinajstić information content (AvgIpc) is 3.96. The largest absolute Gasteiger partial charge is 0.456 e. The van der Waals surface area contributed by atoms with Crippen molar-refractivity contribution in [2.45, 2.75) is 24.7 Å². The van der Waals surface area contributed by atoms with Gasteiger partial charge in [0.15, 0.2) is 0 Å². The van der Waals surface area contributed by atoms with Gasteiger partial charge in [-0.15, -0.1) is 0 Å². The standard InChI is InChI=1S/C62H43NO/c1-61(2)52-27-12-8-22-46(52)49-36-35-44(39-55(49)61)63(56-37-38-58-60(51-25-11-15-30-57(51)64-58)59(56)50-26-16-18-40-17-6-7-21-45(40)50)43-33-31-42(32-34-43)62(41-19-4-3-5-20-41)53-28-13-9-23-47(53)48-24-10-14-29-54(48)62/h3-39H,1-2H3. The van der Waals surface area contributed by atoms with Crippen LogP contribution in [0.4, 0.5) is 17.1 Å². The monoisotopic (exact) mass is 817 g/mol. The summed E-state index contributed by atoms with van der Waals surface area (Å²) < 4.78 is 6.66. The number of nitrogens with zero attached hydrogens (tertiary/aromatic N) is 1. The lowest BCUT2D eigenvalue weighted by molar-refractivity contribution is 0.660. The van der Waals surface area contributed by atoms with Crippen molar-refractivity contribution in [1.29, 1.82) is 0 Å². The maximum atomic E-state index is 6.66. The van der Waals surface area contributed by atoms with E-state index in [1.54, 1.807) is 0 Å². The summed E-state index contributed by atoms with van der Waals surface area (Å²) in [6.45, 7) is 4.73. The second-order valence-electron chi connectivity index (χ2n) is 17.9. The van der Waals surface area contributed by atoms with Crippen molar-refractivity contribution < 1.29 is 4.42 Å². The minimum atomic E-state index is -0.496. The lowest BCUT2D eigenvalue weighted by Crippen LogP contribution is -2.28. The number of anilines is 3. The van der Waals surface area contributed by atoms with E-state index in [9.17, 15) is 0 Å². The smallest absolute Gasteiger partial charge is 0.136 e. The van der Waals surface area contributed by atoms with Crippen LogP contribution >= 0.6 is 0 Å². The summed E-state index contributed by atoms with van der Waals surface area (Å²) in [5.74, 6) is 0. The molecule has 11 aromatic rings. The minimum Gasteiger partial charge on any atom is -0.456 e. The van der Waals surface area contributed by atoms with Gasteiger partial charge in [-0.05, 0) is 114 Å². The summed E-state index contributed by atoms with van der Waals surface area (Å²) in [6.07, 6.45) is 0. The predicted molar refractivity (Wildman–Crippen MR) is 266 cm³/mol. The molecule has 2 nitrogen and oxygen atoms in total. The van der Waals surface area contributed by atoms with Gasteiger partial charge < -0.3 is 9.32 Å². The Labute approximate surface area is 373 Å². The van der Waals surface area contributed by atoms with Crippen LogP contribution in [0.25, 0.3) is 66.1 Å². The quantitative estimate of drug-likeness (QED) is 0.166. The zero-order valence-electron chi connectivity index (χ0n) is 35.7. The topological polar surface area (TPSA) is 16.4 Å². The lowest BCUT2D eigenvalue weighted by Gasteiger charge is -2.35. The molecule has 10 aromatic carbocycles. The van der Waals surface area contributed by atoms with Crippen molar-refractivity contribution in [1.82, 2.24) is 0 Å². The molecule has 2 aliphatic carbocycles. The van der Waals surface area contributed by atoms with Gasteiger partial charge in [0.1, 0.15) is 11.2 Å². The third-order valence-electron chi connectivity index (χ3n) is 14.4. The lowest BCUT2D eigenvalue weighted by atomic mass is 9.68. The molecule has 0 saturated heterocycles. The molecule has 0 atom stereocenters.